The average Bonchev–Trinajstić information content (AvgIpc) is 2.88. The summed E-state index contributed by atoms with van der Waals surface area (Å²) in [5.74, 6) is -0.668. The molecule has 0 saturated carbocycles. The van der Waals surface area contributed by atoms with Gasteiger partial charge in [-0.1, -0.05) is 55.5 Å². The Kier molecular flexibility index (Phi) is 9.04. The number of esters is 1. The van der Waals surface area contributed by atoms with Crippen LogP contribution in [0.3, 0.4) is 0 Å². The minimum absolute atomic E-state index is 0.0477. The highest BCUT2D eigenvalue weighted by Crippen LogP contribution is 2.20. The number of H-pyrrole nitrogens is 1. The summed E-state index contributed by atoms with van der Waals surface area (Å²) in [6.07, 6.45) is 0.934. The summed E-state index contributed by atoms with van der Waals surface area (Å²) in [6, 6.07) is 16.4. The number of methoxy groups -OCH3 is 1. The van der Waals surface area contributed by atoms with Crippen molar-refractivity contribution in [2.75, 3.05) is 30.9 Å². The summed E-state index contributed by atoms with van der Waals surface area (Å²) in [6.45, 7) is 1.52. The molecule has 10 nitrogen and oxygen atoms in total. The Bertz CT molecular complexity index is 1320. The minimum Gasteiger partial charge on any atom is -0.496 e. The monoisotopic (exact) mass is 494 g/mol. The molecular formula is C26H30N4O6. The molecule has 0 saturated heterocycles. The third-order valence-electron chi connectivity index (χ3n) is 5.56. The molecule has 1 amide bonds. The van der Waals surface area contributed by atoms with Crippen molar-refractivity contribution >= 4 is 23.4 Å². The SMILES string of the molecule is CCCN(C(=O)COC(=O)CCc1ccccc1OC)c1c(N)n(Cc2ccccc2)c(=O)[nH]c1=O. The van der Waals surface area contributed by atoms with Crippen molar-refractivity contribution in [3.05, 3.63) is 86.6 Å². The molecule has 0 fully saturated rings. The van der Waals surface area contributed by atoms with Crippen molar-refractivity contribution in [2.45, 2.75) is 32.7 Å². The third kappa shape index (κ3) is 6.41. The molecule has 3 aromatic rings. The zero-order valence-corrected chi connectivity index (χ0v) is 20.4. The molecule has 2 aromatic carbocycles. The second kappa shape index (κ2) is 12.4. The van der Waals surface area contributed by atoms with Crippen LogP contribution in [0.2, 0.25) is 0 Å². The fourth-order valence-corrected chi connectivity index (χ4v) is 3.78. The van der Waals surface area contributed by atoms with E-state index in [1.807, 2.05) is 55.5 Å². The molecule has 190 valence electrons. The summed E-state index contributed by atoms with van der Waals surface area (Å²) in [4.78, 5) is 53.8. The molecule has 1 heterocycles. The number of carbonyl (C=O) groups is 2. The molecule has 0 aliphatic rings. The molecule has 0 aliphatic heterocycles. The number of aryl methyl sites for hydroxylation is 1. The maximum Gasteiger partial charge on any atom is 0.330 e. The molecule has 3 N–H and O–H groups in total. The molecule has 0 radical (unpaired) electrons. The molecule has 0 bridgehead atoms. The van der Waals surface area contributed by atoms with Crippen LogP contribution in [-0.2, 0) is 27.3 Å². The van der Waals surface area contributed by atoms with Gasteiger partial charge in [-0.3, -0.25) is 23.9 Å². The standard InChI is InChI=1S/C26H30N4O6/c1-3-15-29(21(31)17-36-22(32)14-13-19-11-7-8-12-20(19)35-2)23-24(27)30(26(34)28-25(23)33)16-18-9-5-4-6-10-18/h4-12H,3,13-17,27H2,1-2H3,(H,28,33,34). The number of anilines is 2. The Labute approximate surface area is 208 Å². The summed E-state index contributed by atoms with van der Waals surface area (Å²) in [7, 11) is 1.55. The highest BCUT2D eigenvalue weighted by molar-refractivity contribution is 5.97. The average molecular weight is 495 g/mol. The predicted molar refractivity (Wildman–Crippen MR) is 136 cm³/mol. The van der Waals surface area contributed by atoms with Crippen molar-refractivity contribution < 1.29 is 19.1 Å². The predicted octanol–water partition coefficient (Wildman–Crippen LogP) is 2.09. The lowest BCUT2D eigenvalue weighted by atomic mass is 10.1. The number of ether oxygens (including phenoxy) is 2. The number of nitrogens with two attached hydrogens (primary N) is 1. The van der Waals surface area contributed by atoms with Gasteiger partial charge in [0.15, 0.2) is 12.3 Å². The number of hydrogen-bond donors (Lipinski definition) is 2. The molecule has 10 heteroatoms. The van der Waals surface area contributed by atoms with Crippen LogP contribution in [0.25, 0.3) is 0 Å². The summed E-state index contributed by atoms with van der Waals surface area (Å²) < 4.78 is 11.7. The van der Waals surface area contributed by atoms with Crippen molar-refractivity contribution in [3.8, 4) is 5.75 Å². The number of rotatable bonds is 11. The van der Waals surface area contributed by atoms with E-state index in [0.717, 1.165) is 16.0 Å². The van der Waals surface area contributed by atoms with Crippen LogP contribution in [0.4, 0.5) is 11.5 Å². The molecule has 0 aliphatic carbocycles. The van der Waals surface area contributed by atoms with Crippen LogP contribution in [0.15, 0.2) is 64.2 Å². The number of aromatic nitrogens is 2. The Morgan fingerprint density at radius 2 is 1.75 bits per heavy atom. The van der Waals surface area contributed by atoms with Crippen molar-refractivity contribution in [2.24, 2.45) is 0 Å². The number of nitrogens with one attached hydrogen (secondary N) is 1. The van der Waals surface area contributed by atoms with Gasteiger partial charge < -0.3 is 20.1 Å². The van der Waals surface area contributed by atoms with Crippen LogP contribution in [0, 0.1) is 0 Å². The second-order valence-electron chi connectivity index (χ2n) is 8.08. The Hall–Kier alpha value is -4.34. The normalized spacial score (nSPS) is 10.6. The number of amides is 1. The van der Waals surface area contributed by atoms with Crippen molar-refractivity contribution in [3.63, 3.8) is 0 Å². The highest BCUT2D eigenvalue weighted by atomic mass is 16.5. The van der Waals surface area contributed by atoms with E-state index in [4.69, 9.17) is 15.2 Å². The smallest absolute Gasteiger partial charge is 0.330 e. The second-order valence-corrected chi connectivity index (χ2v) is 8.08. The van der Waals surface area contributed by atoms with E-state index < -0.39 is 29.7 Å². The quantitative estimate of drug-likeness (QED) is 0.390. The van der Waals surface area contributed by atoms with E-state index in [2.05, 4.69) is 4.98 Å². The minimum atomic E-state index is -0.786. The van der Waals surface area contributed by atoms with Gasteiger partial charge in [-0.15, -0.1) is 0 Å². The number of aromatic amines is 1. The summed E-state index contributed by atoms with van der Waals surface area (Å²) >= 11 is 0. The molecule has 0 atom stereocenters. The maximum absolute atomic E-state index is 13.0. The van der Waals surface area contributed by atoms with E-state index in [1.54, 1.807) is 13.2 Å². The van der Waals surface area contributed by atoms with E-state index in [-0.39, 0.29) is 31.0 Å². The van der Waals surface area contributed by atoms with Crippen LogP contribution in [0.5, 0.6) is 5.75 Å². The molecule has 36 heavy (non-hydrogen) atoms. The third-order valence-corrected chi connectivity index (χ3v) is 5.56. The Morgan fingerprint density at radius 1 is 1.06 bits per heavy atom. The number of para-hydroxylation sites is 1. The van der Waals surface area contributed by atoms with Gasteiger partial charge in [-0.05, 0) is 30.0 Å². The molecule has 0 unspecified atom stereocenters. The molecule has 0 spiro atoms. The Morgan fingerprint density at radius 3 is 2.44 bits per heavy atom. The number of nitrogen functional groups attached to an aromatic ring is 1. The van der Waals surface area contributed by atoms with E-state index in [1.165, 1.54) is 4.57 Å². The van der Waals surface area contributed by atoms with Gasteiger partial charge in [-0.25, -0.2) is 4.79 Å². The fourth-order valence-electron chi connectivity index (χ4n) is 3.78. The van der Waals surface area contributed by atoms with E-state index in [0.29, 0.717) is 18.6 Å². The zero-order valence-electron chi connectivity index (χ0n) is 20.4. The first kappa shape index (κ1) is 26.3. The first-order valence-corrected chi connectivity index (χ1v) is 11.6. The van der Waals surface area contributed by atoms with Crippen LogP contribution < -0.4 is 26.6 Å². The fraction of sp³-hybridized carbons (Fsp3) is 0.308. The van der Waals surface area contributed by atoms with Gasteiger partial charge in [0, 0.05) is 13.0 Å². The number of carbonyl (C=O) groups excluding carboxylic acids is 2. The zero-order chi connectivity index (χ0) is 26.1. The maximum atomic E-state index is 13.0. The van der Waals surface area contributed by atoms with Crippen LogP contribution >= 0.6 is 0 Å². The van der Waals surface area contributed by atoms with Gasteiger partial charge in [0.05, 0.1) is 13.7 Å². The summed E-state index contributed by atoms with van der Waals surface area (Å²) in [5, 5.41) is 0. The highest BCUT2D eigenvalue weighted by Gasteiger charge is 2.24. The number of hydrogen-bond acceptors (Lipinski definition) is 7. The summed E-state index contributed by atoms with van der Waals surface area (Å²) in [5.41, 5.74) is 6.24. The largest absolute Gasteiger partial charge is 0.496 e. The van der Waals surface area contributed by atoms with Gasteiger partial charge in [0.2, 0.25) is 0 Å². The topological polar surface area (TPSA) is 137 Å². The van der Waals surface area contributed by atoms with Crippen LogP contribution in [0.1, 0.15) is 30.9 Å². The van der Waals surface area contributed by atoms with E-state index in [9.17, 15) is 19.2 Å². The lowest BCUT2D eigenvalue weighted by Crippen LogP contribution is -2.43. The molecule has 1 aromatic heterocycles. The number of benzene rings is 2. The van der Waals surface area contributed by atoms with Gasteiger partial charge in [0.1, 0.15) is 11.6 Å². The number of nitrogens with zero attached hydrogens (tertiary/aromatic N) is 2. The Balaban J connectivity index is 1.74. The van der Waals surface area contributed by atoms with Gasteiger partial charge in [0.25, 0.3) is 11.5 Å². The lowest BCUT2D eigenvalue weighted by molar-refractivity contribution is -0.147. The van der Waals surface area contributed by atoms with Crippen molar-refractivity contribution in [1.82, 2.24) is 9.55 Å². The van der Waals surface area contributed by atoms with Gasteiger partial charge >= 0.3 is 11.7 Å². The van der Waals surface area contributed by atoms with E-state index >= 15 is 0 Å². The first-order chi connectivity index (χ1) is 17.3. The lowest BCUT2D eigenvalue weighted by Gasteiger charge is -2.24. The van der Waals surface area contributed by atoms with Crippen LogP contribution in [-0.4, -0.2) is 41.7 Å². The van der Waals surface area contributed by atoms with Crippen molar-refractivity contribution in [1.29, 1.82) is 0 Å². The molecular weight excluding hydrogens is 464 g/mol. The molecule has 3 rings (SSSR count). The van der Waals surface area contributed by atoms with Gasteiger partial charge in [-0.2, -0.15) is 0 Å². The first-order valence-electron chi connectivity index (χ1n) is 11.6.